The maximum Gasteiger partial charge on any atom is 0.337 e. The smallest absolute Gasteiger partial charge is 0.337 e. The van der Waals surface area contributed by atoms with Gasteiger partial charge in [0.15, 0.2) is 0 Å². The van der Waals surface area contributed by atoms with E-state index in [2.05, 4.69) is 10.3 Å². The molecule has 1 fully saturated rings. The van der Waals surface area contributed by atoms with Crippen molar-refractivity contribution in [1.82, 2.24) is 9.88 Å². The van der Waals surface area contributed by atoms with E-state index in [9.17, 15) is 9.59 Å². The molecular weight excluding hydrogens is 318 g/mol. The molecule has 0 bridgehead atoms. The number of aromatic nitrogens is 1. The molecule has 0 saturated carbocycles. The van der Waals surface area contributed by atoms with Gasteiger partial charge in [0.05, 0.1) is 12.7 Å². The van der Waals surface area contributed by atoms with Crippen LogP contribution in [0.3, 0.4) is 0 Å². The van der Waals surface area contributed by atoms with Crippen LogP contribution in [-0.2, 0) is 4.74 Å². The van der Waals surface area contributed by atoms with Crippen LogP contribution in [0.15, 0.2) is 42.6 Å². The topological polar surface area (TPSA) is 71.5 Å². The summed E-state index contributed by atoms with van der Waals surface area (Å²) in [5.41, 5.74) is 2.38. The van der Waals surface area contributed by atoms with Crippen molar-refractivity contribution in [3.05, 3.63) is 53.9 Å². The van der Waals surface area contributed by atoms with Crippen LogP contribution >= 0.6 is 0 Å². The average molecular weight is 339 g/mol. The van der Waals surface area contributed by atoms with Gasteiger partial charge in [-0.2, -0.15) is 0 Å². The van der Waals surface area contributed by atoms with Crippen molar-refractivity contribution in [2.75, 3.05) is 25.5 Å². The number of hydrogen-bond acceptors (Lipinski definition) is 5. The van der Waals surface area contributed by atoms with Gasteiger partial charge in [0.25, 0.3) is 5.91 Å². The predicted octanol–water partition coefficient (Wildman–Crippen LogP) is 3.24. The molecule has 2 heterocycles. The Bertz CT molecular complexity index is 770. The highest BCUT2D eigenvalue weighted by molar-refractivity contribution is 5.93. The van der Waals surface area contributed by atoms with E-state index >= 15 is 0 Å². The van der Waals surface area contributed by atoms with Crippen LogP contribution in [0, 0.1) is 0 Å². The van der Waals surface area contributed by atoms with Gasteiger partial charge in [-0.25, -0.2) is 4.79 Å². The van der Waals surface area contributed by atoms with Gasteiger partial charge < -0.3 is 15.0 Å². The van der Waals surface area contributed by atoms with Crippen LogP contribution in [0.5, 0.6) is 0 Å². The normalized spacial score (nSPS) is 14.0. The number of amides is 1. The molecule has 1 aliphatic heterocycles. The van der Waals surface area contributed by atoms with Gasteiger partial charge in [0.1, 0.15) is 5.69 Å². The van der Waals surface area contributed by atoms with Gasteiger partial charge in [-0.3, -0.25) is 9.78 Å². The Labute approximate surface area is 146 Å². The zero-order valence-corrected chi connectivity index (χ0v) is 14.2. The average Bonchev–Trinajstić information content (AvgIpc) is 2.68. The second kappa shape index (κ2) is 7.79. The fraction of sp³-hybridized carbons (Fsp3) is 0.316. The summed E-state index contributed by atoms with van der Waals surface area (Å²) < 4.78 is 4.73. The van der Waals surface area contributed by atoms with Gasteiger partial charge in [0, 0.05) is 30.7 Å². The third kappa shape index (κ3) is 4.15. The van der Waals surface area contributed by atoms with E-state index in [0.29, 0.717) is 11.3 Å². The minimum Gasteiger partial charge on any atom is -0.465 e. The number of piperidine rings is 1. The second-order valence-electron chi connectivity index (χ2n) is 5.98. The summed E-state index contributed by atoms with van der Waals surface area (Å²) in [7, 11) is 1.35. The number of pyridine rings is 1. The molecular formula is C19H21N3O3. The number of nitrogens with zero attached hydrogens (tertiary/aromatic N) is 2. The Morgan fingerprint density at radius 1 is 1.08 bits per heavy atom. The van der Waals surface area contributed by atoms with Crippen LogP contribution in [0.4, 0.5) is 11.4 Å². The van der Waals surface area contributed by atoms with Crippen LogP contribution in [0.2, 0.25) is 0 Å². The number of carbonyl (C=O) groups is 2. The molecule has 0 spiro atoms. The lowest BCUT2D eigenvalue weighted by molar-refractivity contribution is 0.0600. The maximum absolute atomic E-state index is 12.6. The van der Waals surface area contributed by atoms with Crippen LogP contribution < -0.4 is 5.32 Å². The molecule has 1 N–H and O–H groups in total. The van der Waals surface area contributed by atoms with Crippen molar-refractivity contribution >= 4 is 23.3 Å². The van der Waals surface area contributed by atoms with Crippen LogP contribution in [0.25, 0.3) is 0 Å². The van der Waals surface area contributed by atoms with E-state index in [0.717, 1.165) is 37.3 Å². The Morgan fingerprint density at radius 2 is 1.84 bits per heavy atom. The SMILES string of the molecule is COC(=O)c1cccc(Nc2ccnc(C(=O)N3CCCCC3)c2)c1. The molecule has 3 rings (SSSR count). The molecule has 0 atom stereocenters. The Hall–Kier alpha value is -2.89. The quantitative estimate of drug-likeness (QED) is 0.866. The standard InChI is InChI=1S/C19H21N3O3/c1-25-19(24)14-6-5-7-15(12-14)21-16-8-9-20-17(13-16)18(23)22-10-3-2-4-11-22/h5-9,12-13H,2-4,10-11H2,1H3,(H,20,21). The van der Waals surface area contributed by atoms with Crippen molar-refractivity contribution in [3.63, 3.8) is 0 Å². The van der Waals surface area contributed by atoms with E-state index < -0.39 is 0 Å². The first-order chi connectivity index (χ1) is 12.2. The number of likely N-dealkylation sites (tertiary alicyclic amines) is 1. The molecule has 1 amide bonds. The summed E-state index contributed by atoms with van der Waals surface area (Å²) in [6, 6.07) is 10.5. The molecule has 0 radical (unpaired) electrons. The molecule has 1 saturated heterocycles. The van der Waals surface area contributed by atoms with Crippen molar-refractivity contribution < 1.29 is 14.3 Å². The molecule has 2 aromatic rings. The lowest BCUT2D eigenvalue weighted by Crippen LogP contribution is -2.36. The molecule has 6 heteroatoms. The summed E-state index contributed by atoms with van der Waals surface area (Å²) in [5, 5.41) is 3.20. The van der Waals surface area contributed by atoms with Gasteiger partial charge >= 0.3 is 5.97 Å². The Morgan fingerprint density at radius 3 is 2.60 bits per heavy atom. The van der Waals surface area contributed by atoms with Gasteiger partial charge in [-0.05, 0) is 49.6 Å². The Kier molecular flexibility index (Phi) is 5.28. The fourth-order valence-electron chi connectivity index (χ4n) is 2.89. The fourth-order valence-corrected chi connectivity index (χ4v) is 2.89. The number of nitrogens with one attached hydrogen (secondary N) is 1. The third-order valence-corrected chi connectivity index (χ3v) is 4.19. The summed E-state index contributed by atoms with van der Waals surface area (Å²) in [4.78, 5) is 30.3. The monoisotopic (exact) mass is 339 g/mol. The minimum absolute atomic E-state index is 0.0355. The largest absolute Gasteiger partial charge is 0.465 e. The molecule has 130 valence electrons. The van der Waals surface area contributed by atoms with E-state index in [1.165, 1.54) is 13.5 Å². The summed E-state index contributed by atoms with van der Waals surface area (Å²) in [5.74, 6) is -0.425. The number of methoxy groups -OCH3 is 1. The van der Waals surface area contributed by atoms with Gasteiger partial charge in [-0.1, -0.05) is 6.07 Å². The first-order valence-electron chi connectivity index (χ1n) is 8.38. The number of carbonyl (C=O) groups excluding carboxylic acids is 2. The highest BCUT2D eigenvalue weighted by atomic mass is 16.5. The number of esters is 1. The lowest BCUT2D eigenvalue weighted by Gasteiger charge is -2.26. The number of rotatable bonds is 4. The number of hydrogen-bond donors (Lipinski definition) is 1. The van der Waals surface area contributed by atoms with Gasteiger partial charge in [0.2, 0.25) is 0 Å². The maximum atomic E-state index is 12.6. The zero-order chi connectivity index (χ0) is 17.6. The van der Waals surface area contributed by atoms with Crippen molar-refractivity contribution in [2.45, 2.75) is 19.3 Å². The molecule has 6 nitrogen and oxygen atoms in total. The van der Waals surface area contributed by atoms with Crippen molar-refractivity contribution in [2.24, 2.45) is 0 Å². The Balaban J connectivity index is 1.75. The molecule has 0 unspecified atom stereocenters. The zero-order valence-electron chi connectivity index (χ0n) is 14.2. The van der Waals surface area contributed by atoms with Crippen LogP contribution in [0.1, 0.15) is 40.1 Å². The predicted molar refractivity (Wildman–Crippen MR) is 95.1 cm³/mol. The van der Waals surface area contributed by atoms with E-state index in [-0.39, 0.29) is 11.9 Å². The summed E-state index contributed by atoms with van der Waals surface area (Å²) >= 11 is 0. The first-order valence-corrected chi connectivity index (χ1v) is 8.38. The number of ether oxygens (including phenoxy) is 1. The highest BCUT2D eigenvalue weighted by Gasteiger charge is 2.19. The minimum atomic E-state index is -0.389. The number of benzene rings is 1. The van der Waals surface area contributed by atoms with Crippen LogP contribution in [-0.4, -0.2) is 42.0 Å². The third-order valence-electron chi connectivity index (χ3n) is 4.19. The lowest BCUT2D eigenvalue weighted by atomic mass is 10.1. The van der Waals surface area contributed by atoms with Crippen molar-refractivity contribution in [1.29, 1.82) is 0 Å². The van der Waals surface area contributed by atoms with Gasteiger partial charge in [-0.15, -0.1) is 0 Å². The summed E-state index contributed by atoms with van der Waals surface area (Å²) in [6.45, 7) is 1.58. The molecule has 0 aliphatic carbocycles. The molecule has 25 heavy (non-hydrogen) atoms. The molecule has 1 aromatic carbocycles. The number of anilines is 2. The van der Waals surface area contributed by atoms with E-state index in [1.54, 1.807) is 36.5 Å². The molecule has 1 aliphatic rings. The van der Waals surface area contributed by atoms with E-state index in [1.807, 2.05) is 11.0 Å². The van der Waals surface area contributed by atoms with Crippen molar-refractivity contribution in [3.8, 4) is 0 Å². The first kappa shape index (κ1) is 17.0. The summed E-state index contributed by atoms with van der Waals surface area (Å²) in [6.07, 6.45) is 4.88. The second-order valence-corrected chi connectivity index (χ2v) is 5.98. The van der Waals surface area contributed by atoms with E-state index in [4.69, 9.17) is 4.74 Å². The highest BCUT2D eigenvalue weighted by Crippen LogP contribution is 2.20. The molecule has 1 aromatic heterocycles.